The number of phenolic OH excluding ortho intramolecular Hbond substituents is 1. The molecular weight excluding hydrogens is 316 g/mol. The van der Waals surface area contributed by atoms with E-state index in [2.05, 4.69) is 10.2 Å². The zero-order valence-corrected chi connectivity index (χ0v) is 14.5. The van der Waals surface area contributed by atoms with Gasteiger partial charge in [-0.15, -0.1) is 0 Å². The van der Waals surface area contributed by atoms with Gasteiger partial charge in [0, 0.05) is 23.3 Å². The minimum atomic E-state index is 0.222. The summed E-state index contributed by atoms with van der Waals surface area (Å²) in [5, 5.41) is 18.6. The molecule has 0 aliphatic carbocycles. The number of phenols is 1. The molecule has 0 aromatic heterocycles. The number of allylic oxidation sites excluding steroid dienone is 1. The van der Waals surface area contributed by atoms with E-state index >= 15 is 0 Å². The second-order valence-corrected chi connectivity index (χ2v) is 5.75. The van der Waals surface area contributed by atoms with Gasteiger partial charge in [0.2, 0.25) is 0 Å². The first kappa shape index (κ1) is 16.8. The Labute approximate surface area is 146 Å². The summed E-state index contributed by atoms with van der Waals surface area (Å²) in [7, 11) is 3.23. The summed E-state index contributed by atoms with van der Waals surface area (Å²) in [6, 6.07) is 11.0. The first-order chi connectivity index (χ1) is 12.1. The molecule has 0 saturated heterocycles. The van der Waals surface area contributed by atoms with Crippen molar-refractivity contribution in [2.24, 2.45) is 10.2 Å². The molecule has 0 bridgehead atoms. The number of para-hydroxylation sites is 1. The van der Waals surface area contributed by atoms with Crippen LogP contribution in [0.25, 0.3) is 6.08 Å². The predicted molar refractivity (Wildman–Crippen MR) is 100 cm³/mol. The Morgan fingerprint density at radius 1 is 1.00 bits per heavy atom. The first-order valence-corrected chi connectivity index (χ1v) is 7.95. The third kappa shape index (κ3) is 3.55. The summed E-state index contributed by atoms with van der Waals surface area (Å²) in [6.45, 7) is 1.94. The third-order valence-electron chi connectivity index (χ3n) is 4.02. The van der Waals surface area contributed by atoms with E-state index in [-0.39, 0.29) is 5.75 Å². The molecule has 0 radical (unpaired) electrons. The average Bonchev–Trinajstić information content (AvgIpc) is 2.77. The summed E-state index contributed by atoms with van der Waals surface area (Å²) >= 11 is 0. The molecule has 0 fully saturated rings. The molecule has 128 valence electrons. The van der Waals surface area contributed by atoms with Gasteiger partial charge < -0.3 is 14.6 Å². The molecule has 2 aromatic carbocycles. The Kier molecular flexibility index (Phi) is 4.84. The number of rotatable bonds is 4. The molecule has 0 spiro atoms. The number of fused-ring (bicyclic) bond motifs is 1. The molecule has 2 aromatic rings. The van der Waals surface area contributed by atoms with Crippen molar-refractivity contribution >= 4 is 17.5 Å². The van der Waals surface area contributed by atoms with Gasteiger partial charge >= 0.3 is 0 Å². The van der Waals surface area contributed by atoms with Crippen LogP contribution >= 0.6 is 0 Å². The van der Waals surface area contributed by atoms with Crippen molar-refractivity contribution in [1.29, 1.82) is 0 Å². The zero-order valence-electron chi connectivity index (χ0n) is 14.5. The van der Waals surface area contributed by atoms with Crippen LogP contribution in [-0.4, -0.2) is 30.7 Å². The van der Waals surface area contributed by atoms with Crippen LogP contribution in [0, 0.1) is 0 Å². The predicted octanol–water partition coefficient (Wildman–Crippen LogP) is 3.84. The second-order valence-electron chi connectivity index (χ2n) is 5.75. The maximum Gasteiger partial charge on any atom is 0.161 e. The summed E-state index contributed by atoms with van der Waals surface area (Å²) in [5.74, 6) is 1.55. The molecule has 1 heterocycles. The Morgan fingerprint density at radius 2 is 1.72 bits per heavy atom. The molecule has 1 N–H and O–H groups in total. The van der Waals surface area contributed by atoms with E-state index in [1.807, 2.05) is 43.3 Å². The van der Waals surface area contributed by atoms with Gasteiger partial charge in [-0.1, -0.05) is 18.2 Å². The fourth-order valence-corrected chi connectivity index (χ4v) is 2.73. The van der Waals surface area contributed by atoms with Gasteiger partial charge in [-0.05, 0) is 42.8 Å². The largest absolute Gasteiger partial charge is 0.507 e. The van der Waals surface area contributed by atoms with E-state index in [0.717, 1.165) is 22.4 Å². The fraction of sp³-hybridized carbons (Fsp3) is 0.200. The minimum absolute atomic E-state index is 0.222. The molecule has 1 aliphatic rings. The standard InChI is InChI=1S/C20H20N2O3/c1-13-10-15-11-19(24-2)20(25-3)12-16(15)17(22-21-13)9-8-14-6-4-5-7-18(14)23/h4-9,11-12,23H,10H2,1-3H3. The highest BCUT2D eigenvalue weighted by Gasteiger charge is 2.17. The second kappa shape index (κ2) is 7.21. The fourth-order valence-electron chi connectivity index (χ4n) is 2.73. The van der Waals surface area contributed by atoms with Crippen molar-refractivity contribution < 1.29 is 14.6 Å². The SMILES string of the molecule is COc1cc2c(cc1OC)C(C=Cc1ccccc1O)=NN=C(C)C2. The van der Waals surface area contributed by atoms with Gasteiger partial charge in [0.05, 0.1) is 19.9 Å². The lowest BCUT2D eigenvalue weighted by Crippen LogP contribution is -2.05. The molecule has 1 aliphatic heterocycles. The lowest BCUT2D eigenvalue weighted by Gasteiger charge is -2.13. The average molecular weight is 336 g/mol. The van der Waals surface area contributed by atoms with Crippen molar-refractivity contribution in [3.63, 3.8) is 0 Å². The number of hydrogen-bond donors (Lipinski definition) is 1. The highest BCUT2D eigenvalue weighted by atomic mass is 16.5. The van der Waals surface area contributed by atoms with E-state index in [1.165, 1.54) is 0 Å². The quantitative estimate of drug-likeness (QED) is 0.922. The topological polar surface area (TPSA) is 63.4 Å². The van der Waals surface area contributed by atoms with E-state index in [0.29, 0.717) is 23.6 Å². The maximum atomic E-state index is 9.93. The van der Waals surface area contributed by atoms with Crippen LogP contribution in [0.15, 0.2) is 52.7 Å². The monoisotopic (exact) mass is 336 g/mol. The Morgan fingerprint density at radius 3 is 2.44 bits per heavy atom. The van der Waals surface area contributed by atoms with Crippen LogP contribution in [0.3, 0.4) is 0 Å². The van der Waals surface area contributed by atoms with E-state index < -0.39 is 0 Å². The molecule has 5 nitrogen and oxygen atoms in total. The normalized spacial score (nSPS) is 13.7. The van der Waals surface area contributed by atoms with Crippen molar-refractivity contribution in [1.82, 2.24) is 0 Å². The van der Waals surface area contributed by atoms with Gasteiger partial charge in [-0.25, -0.2) is 0 Å². The number of nitrogens with zero attached hydrogens (tertiary/aromatic N) is 2. The molecule has 25 heavy (non-hydrogen) atoms. The van der Waals surface area contributed by atoms with Crippen LogP contribution in [-0.2, 0) is 6.42 Å². The lowest BCUT2D eigenvalue weighted by atomic mass is 9.97. The van der Waals surface area contributed by atoms with E-state index in [4.69, 9.17) is 9.47 Å². The van der Waals surface area contributed by atoms with Crippen LogP contribution in [0.2, 0.25) is 0 Å². The molecular formula is C20H20N2O3. The van der Waals surface area contributed by atoms with Crippen molar-refractivity contribution in [3.8, 4) is 17.2 Å². The summed E-state index contributed by atoms with van der Waals surface area (Å²) in [6.07, 6.45) is 4.36. The van der Waals surface area contributed by atoms with E-state index in [1.54, 1.807) is 26.4 Å². The summed E-state index contributed by atoms with van der Waals surface area (Å²) in [4.78, 5) is 0. The number of methoxy groups -OCH3 is 2. The Hall–Kier alpha value is -3.08. The highest BCUT2D eigenvalue weighted by molar-refractivity contribution is 6.13. The maximum absolute atomic E-state index is 9.93. The highest BCUT2D eigenvalue weighted by Crippen LogP contribution is 2.32. The van der Waals surface area contributed by atoms with Crippen LogP contribution in [0.4, 0.5) is 0 Å². The van der Waals surface area contributed by atoms with Crippen molar-refractivity contribution in [3.05, 3.63) is 59.2 Å². The number of ether oxygens (including phenoxy) is 2. The van der Waals surface area contributed by atoms with Crippen LogP contribution < -0.4 is 9.47 Å². The van der Waals surface area contributed by atoms with Gasteiger partial charge in [-0.3, -0.25) is 0 Å². The molecule has 0 unspecified atom stereocenters. The number of benzene rings is 2. The molecule has 0 saturated carbocycles. The molecule has 0 atom stereocenters. The minimum Gasteiger partial charge on any atom is -0.507 e. The third-order valence-corrected chi connectivity index (χ3v) is 4.02. The van der Waals surface area contributed by atoms with E-state index in [9.17, 15) is 5.11 Å². The first-order valence-electron chi connectivity index (χ1n) is 7.95. The Bertz CT molecular complexity index is 883. The van der Waals surface area contributed by atoms with Crippen LogP contribution in [0.5, 0.6) is 17.2 Å². The van der Waals surface area contributed by atoms with Gasteiger partial charge in [0.25, 0.3) is 0 Å². The molecule has 0 amide bonds. The van der Waals surface area contributed by atoms with Crippen molar-refractivity contribution in [2.45, 2.75) is 13.3 Å². The van der Waals surface area contributed by atoms with Crippen LogP contribution in [0.1, 0.15) is 23.6 Å². The summed E-state index contributed by atoms with van der Waals surface area (Å²) in [5.41, 5.74) is 4.34. The molecule has 5 heteroatoms. The smallest absolute Gasteiger partial charge is 0.161 e. The number of hydrogen-bond acceptors (Lipinski definition) is 5. The molecule has 3 rings (SSSR count). The van der Waals surface area contributed by atoms with Gasteiger partial charge in [0.15, 0.2) is 11.5 Å². The van der Waals surface area contributed by atoms with Crippen molar-refractivity contribution in [2.75, 3.05) is 14.2 Å². The summed E-state index contributed by atoms with van der Waals surface area (Å²) < 4.78 is 10.8. The van der Waals surface area contributed by atoms with Gasteiger partial charge in [0.1, 0.15) is 5.75 Å². The number of aromatic hydroxyl groups is 1. The zero-order chi connectivity index (χ0) is 17.8. The lowest BCUT2D eigenvalue weighted by molar-refractivity contribution is 0.354. The Balaban J connectivity index is 2.07. The van der Waals surface area contributed by atoms with Gasteiger partial charge in [-0.2, -0.15) is 10.2 Å².